The molecule has 1 aliphatic rings. The Bertz CT molecular complexity index is 922. The van der Waals surface area contributed by atoms with Crippen LogP contribution in [-0.2, 0) is 4.79 Å². The van der Waals surface area contributed by atoms with Crippen LogP contribution in [0.15, 0.2) is 69.9 Å². The monoisotopic (exact) mass is 351 g/mol. The van der Waals surface area contributed by atoms with Crippen molar-refractivity contribution >= 4 is 28.9 Å². The summed E-state index contributed by atoms with van der Waals surface area (Å²) in [5, 5.41) is 23.3. The van der Waals surface area contributed by atoms with Gasteiger partial charge in [-0.05, 0) is 31.2 Å². The number of hydrogen-bond acceptors (Lipinski definition) is 7. The van der Waals surface area contributed by atoms with Gasteiger partial charge in [-0.3, -0.25) is 19.7 Å². The number of hydrazone groups is 1. The van der Waals surface area contributed by atoms with Gasteiger partial charge < -0.3 is 0 Å². The molecule has 0 saturated heterocycles. The summed E-state index contributed by atoms with van der Waals surface area (Å²) < 4.78 is 0. The second-order valence-corrected chi connectivity index (χ2v) is 5.45. The zero-order valence-corrected chi connectivity index (χ0v) is 13.6. The fraction of sp³-hybridized carbons (Fsp3) is 0.118. The molecule has 9 heteroatoms. The van der Waals surface area contributed by atoms with Crippen LogP contribution in [0, 0.1) is 10.1 Å². The van der Waals surface area contributed by atoms with Gasteiger partial charge in [0.25, 0.3) is 17.5 Å². The second-order valence-electron chi connectivity index (χ2n) is 5.45. The third-order valence-corrected chi connectivity index (χ3v) is 3.66. The van der Waals surface area contributed by atoms with Crippen molar-refractivity contribution in [3.63, 3.8) is 0 Å². The van der Waals surface area contributed by atoms with Gasteiger partial charge in [-0.1, -0.05) is 18.2 Å². The Labute approximate surface area is 147 Å². The summed E-state index contributed by atoms with van der Waals surface area (Å²) in [5.74, 6) is -1.13. The molecule has 0 N–H and O–H groups in total. The average molecular weight is 351 g/mol. The molecule has 26 heavy (non-hydrogen) atoms. The largest absolute Gasteiger partial charge is 0.282 e. The van der Waals surface area contributed by atoms with Crippen molar-refractivity contribution in [3.8, 4) is 0 Å². The van der Waals surface area contributed by atoms with Gasteiger partial charge in [0, 0.05) is 17.7 Å². The predicted octanol–water partition coefficient (Wildman–Crippen LogP) is 3.11. The van der Waals surface area contributed by atoms with E-state index < -0.39 is 22.8 Å². The first-order chi connectivity index (χ1) is 12.5. The van der Waals surface area contributed by atoms with Crippen LogP contribution in [0.5, 0.6) is 0 Å². The van der Waals surface area contributed by atoms with Crippen LogP contribution >= 0.6 is 0 Å². The lowest BCUT2D eigenvalue weighted by molar-refractivity contribution is -0.384. The second kappa shape index (κ2) is 7.01. The molecule has 0 fully saturated rings. The fourth-order valence-electron chi connectivity index (χ4n) is 2.30. The van der Waals surface area contributed by atoms with Gasteiger partial charge >= 0.3 is 0 Å². The van der Waals surface area contributed by atoms with E-state index in [-0.39, 0.29) is 5.69 Å². The first kappa shape index (κ1) is 17.1. The lowest BCUT2D eigenvalue weighted by atomic mass is 10.2. The number of non-ortho nitro benzene ring substituents is 1. The van der Waals surface area contributed by atoms with Crippen LogP contribution in [0.1, 0.15) is 17.3 Å². The normalized spacial score (nSPS) is 16.8. The van der Waals surface area contributed by atoms with Crippen molar-refractivity contribution in [2.45, 2.75) is 13.0 Å². The number of rotatable bonds is 4. The van der Waals surface area contributed by atoms with Gasteiger partial charge in [-0.15, -0.1) is 0 Å². The third-order valence-electron chi connectivity index (χ3n) is 3.66. The summed E-state index contributed by atoms with van der Waals surface area (Å²) in [6.07, 6.45) is 0. The molecule has 1 heterocycles. The molecule has 1 atom stereocenters. The highest BCUT2D eigenvalue weighted by molar-refractivity contribution is 6.18. The molecule has 0 saturated carbocycles. The maximum atomic E-state index is 12.4. The zero-order valence-electron chi connectivity index (χ0n) is 13.6. The maximum absolute atomic E-state index is 12.4. The number of benzene rings is 2. The van der Waals surface area contributed by atoms with E-state index in [2.05, 4.69) is 15.3 Å². The molecule has 0 radical (unpaired) electrons. The Balaban J connectivity index is 1.75. The number of azo groups is 1. The molecule has 2 aromatic carbocycles. The quantitative estimate of drug-likeness (QED) is 0.364. The minimum Gasteiger partial charge on any atom is -0.269 e. The molecular formula is C17H13N5O4. The highest BCUT2D eigenvalue weighted by atomic mass is 16.6. The van der Waals surface area contributed by atoms with E-state index in [9.17, 15) is 19.7 Å². The number of hydrogen-bond donors (Lipinski definition) is 0. The molecular weight excluding hydrogens is 338 g/mol. The van der Waals surface area contributed by atoms with Crippen LogP contribution in [0.3, 0.4) is 0 Å². The Morgan fingerprint density at radius 1 is 1.15 bits per heavy atom. The van der Waals surface area contributed by atoms with Gasteiger partial charge in [-0.2, -0.15) is 20.3 Å². The van der Waals surface area contributed by atoms with Crippen LogP contribution < -0.4 is 0 Å². The van der Waals surface area contributed by atoms with Crippen molar-refractivity contribution in [1.82, 2.24) is 5.01 Å². The van der Waals surface area contributed by atoms with Gasteiger partial charge in [-0.25, -0.2) is 0 Å². The van der Waals surface area contributed by atoms with E-state index >= 15 is 0 Å². The summed E-state index contributed by atoms with van der Waals surface area (Å²) in [7, 11) is 0. The molecule has 130 valence electrons. The first-order valence-electron chi connectivity index (χ1n) is 7.61. The highest BCUT2D eigenvalue weighted by Crippen LogP contribution is 2.21. The Morgan fingerprint density at radius 3 is 2.42 bits per heavy atom. The molecule has 0 spiro atoms. The van der Waals surface area contributed by atoms with E-state index in [0.29, 0.717) is 17.0 Å². The zero-order chi connectivity index (χ0) is 18.7. The summed E-state index contributed by atoms with van der Waals surface area (Å²) in [6, 6.07) is 12.7. The van der Waals surface area contributed by atoms with Crippen molar-refractivity contribution in [2.24, 2.45) is 15.3 Å². The molecule has 0 aromatic heterocycles. The van der Waals surface area contributed by atoms with E-state index in [1.165, 1.54) is 24.3 Å². The number of imide groups is 1. The minimum absolute atomic E-state index is 0.0710. The molecule has 0 unspecified atom stereocenters. The van der Waals surface area contributed by atoms with Crippen LogP contribution in [0.25, 0.3) is 0 Å². The van der Waals surface area contributed by atoms with Gasteiger partial charge in [0.2, 0.25) is 0 Å². The van der Waals surface area contributed by atoms with E-state index in [1.807, 2.05) is 0 Å². The van der Waals surface area contributed by atoms with E-state index in [1.54, 1.807) is 37.3 Å². The molecule has 0 bridgehead atoms. The first-order valence-corrected chi connectivity index (χ1v) is 7.61. The van der Waals surface area contributed by atoms with Gasteiger partial charge in [0.1, 0.15) is 0 Å². The summed E-state index contributed by atoms with van der Waals surface area (Å²) in [4.78, 5) is 34.9. The molecule has 2 aromatic rings. The topological polar surface area (TPSA) is 118 Å². The van der Waals surface area contributed by atoms with Crippen molar-refractivity contribution in [1.29, 1.82) is 0 Å². The minimum atomic E-state index is -1.00. The lowest BCUT2D eigenvalue weighted by Crippen LogP contribution is -2.34. The van der Waals surface area contributed by atoms with Gasteiger partial charge in [0.15, 0.2) is 6.04 Å². The van der Waals surface area contributed by atoms with Crippen LogP contribution in [0.4, 0.5) is 11.4 Å². The van der Waals surface area contributed by atoms with Crippen LogP contribution in [0.2, 0.25) is 0 Å². The van der Waals surface area contributed by atoms with Gasteiger partial charge in [0.05, 0.1) is 16.3 Å². The third kappa shape index (κ3) is 3.36. The molecule has 9 nitrogen and oxygen atoms in total. The Morgan fingerprint density at radius 2 is 1.81 bits per heavy atom. The number of nitrogens with zero attached hydrogens (tertiary/aromatic N) is 5. The Hall–Kier alpha value is -3.75. The number of nitro groups is 1. The van der Waals surface area contributed by atoms with Crippen molar-refractivity contribution in [2.75, 3.05) is 0 Å². The van der Waals surface area contributed by atoms with E-state index in [4.69, 9.17) is 0 Å². The summed E-state index contributed by atoms with van der Waals surface area (Å²) >= 11 is 0. The Kier molecular flexibility index (Phi) is 4.61. The fourth-order valence-corrected chi connectivity index (χ4v) is 2.30. The number of amides is 2. The van der Waals surface area contributed by atoms with Crippen LogP contribution in [-0.4, -0.2) is 33.5 Å². The van der Waals surface area contributed by atoms with E-state index in [0.717, 1.165) is 5.01 Å². The number of nitro benzene ring substituents is 1. The summed E-state index contributed by atoms with van der Waals surface area (Å²) in [5.41, 5.74) is 0.956. The van der Waals surface area contributed by atoms with Crippen molar-refractivity contribution in [3.05, 3.63) is 70.3 Å². The maximum Gasteiger partial charge on any atom is 0.282 e. The average Bonchev–Trinajstić information content (AvgIpc) is 2.94. The number of carbonyl (C=O) groups is 2. The van der Waals surface area contributed by atoms with Crippen molar-refractivity contribution < 1.29 is 14.5 Å². The standard InChI is InChI=1S/C17H13N5O4/c1-11-15(19-18-13-7-9-14(10-8-13)22(25)26)17(24)21(20-11)16(23)12-5-3-2-4-6-12/h2-10,15H,1H3/t15-/m1/s1. The number of carbonyl (C=O) groups excluding carboxylic acids is 2. The summed E-state index contributed by atoms with van der Waals surface area (Å²) in [6.45, 7) is 1.58. The molecule has 2 amide bonds. The molecule has 0 aliphatic carbocycles. The molecule has 3 rings (SSSR count). The SMILES string of the molecule is CC1=NN(C(=O)c2ccccc2)C(=O)[C@@H]1N=Nc1ccc([N+](=O)[O-])cc1. The smallest absolute Gasteiger partial charge is 0.269 e. The lowest BCUT2D eigenvalue weighted by Gasteiger charge is -2.10. The predicted molar refractivity (Wildman–Crippen MR) is 92.1 cm³/mol. The molecule has 1 aliphatic heterocycles. The highest BCUT2D eigenvalue weighted by Gasteiger charge is 2.37.